The van der Waals surface area contributed by atoms with Gasteiger partial charge in [-0.15, -0.1) is 0 Å². The summed E-state index contributed by atoms with van der Waals surface area (Å²) in [5.41, 5.74) is 5.59. The molecule has 0 unspecified atom stereocenters. The lowest BCUT2D eigenvalue weighted by atomic mass is 10.5. The second-order valence-corrected chi connectivity index (χ2v) is 4.11. The zero-order valence-electron chi connectivity index (χ0n) is 8.83. The van der Waals surface area contributed by atoms with Crippen molar-refractivity contribution in [1.82, 2.24) is 5.32 Å². The topological polar surface area (TPSA) is 70.6 Å². The van der Waals surface area contributed by atoms with Crippen LogP contribution in [0.4, 0.5) is 0 Å². The highest BCUT2D eigenvalue weighted by atomic mass is 32.2. The van der Waals surface area contributed by atoms with Gasteiger partial charge in [-0.05, 0) is 18.6 Å². The van der Waals surface area contributed by atoms with Gasteiger partial charge in [0.05, 0.1) is 0 Å². The van der Waals surface area contributed by atoms with Crippen molar-refractivity contribution in [2.75, 3.05) is 31.2 Å². The molecular weight excluding hydrogens is 198 g/mol. The maximum absolute atomic E-state index is 8.54. The minimum absolute atomic E-state index is 0.278. The molecule has 0 atom stereocenters. The second-order valence-electron chi connectivity index (χ2n) is 2.88. The van der Waals surface area contributed by atoms with Crippen molar-refractivity contribution < 1.29 is 5.11 Å². The number of nitrogens with two attached hydrogens (primary N) is 1. The standard InChI is InChI=1S/C9H21N3OS/c1-2-4-11-9(10)12-5-8-14-7-3-6-13/h13H,2-8H2,1H3,(H3,10,11,12). The first-order chi connectivity index (χ1) is 6.81. The van der Waals surface area contributed by atoms with Crippen molar-refractivity contribution in [3.05, 3.63) is 0 Å². The number of thioether (sulfide) groups is 1. The van der Waals surface area contributed by atoms with Crippen LogP contribution >= 0.6 is 11.8 Å². The van der Waals surface area contributed by atoms with E-state index in [1.54, 1.807) is 0 Å². The van der Waals surface area contributed by atoms with Crippen LogP contribution in [0.5, 0.6) is 0 Å². The minimum Gasteiger partial charge on any atom is -0.396 e. The van der Waals surface area contributed by atoms with Crippen molar-refractivity contribution in [3.63, 3.8) is 0 Å². The van der Waals surface area contributed by atoms with E-state index in [4.69, 9.17) is 10.8 Å². The summed E-state index contributed by atoms with van der Waals surface area (Å²) in [6.45, 7) is 3.98. The van der Waals surface area contributed by atoms with Crippen LogP contribution < -0.4 is 11.1 Å². The molecule has 5 heteroatoms. The van der Waals surface area contributed by atoms with Gasteiger partial charge in [0.2, 0.25) is 0 Å². The number of nitrogens with zero attached hydrogens (tertiary/aromatic N) is 1. The maximum atomic E-state index is 8.54. The highest BCUT2D eigenvalue weighted by molar-refractivity contribution is 7.99. The Morgan fingerprint density at radius 2 is 2.29 bits per heavy atom. The first-order valence-electron chi connectivity index (χ1n) is 5.03. The summed E-state index contributed by atoms with van der Waals surface area (Å²) in [6, 6.07) is 0. The molecule has 0 heterocycles. The number of nitrogens with one attached hydrogen (secondary N) is 1. The van der Waals surface area contributed by atoms with Crippen molar-refractivity contribution in [2.24, 2.45) is 10.7 Å². The van der Waals surface area contributed by atoms with Crippen LogP contribution in [0.15, 0.2) is 4.99 Å². The number of hydrogen-bond donors (Lipinski definition) is 3. The molecule has 0 aliphatic carbocycles. The zero-order chi connectivity index (χ0) is 10.6. The van der Waals surface area contributed by atoms with Gasteiger partial charge in [0, 0.05) is 25.4 Å². The molecule has 84 valence electrons. The van der Waals surface area contributed by atoms with Crippen LogP contribution in [0.1, 0.15) is 19.8 Å². The SMILES string of the molecule is CCCN=C(N)NCCSCCCO. The zero-order valence-corrected chi connectivity index (χ0v) is 9.65. The molecule has 0 fully saturated rings. The van der Waals surface area contributed by atoms with E-state index in [1.807, 2.05) is 11.8 Å². The Balaban J connectivity index is 3.18. The molecular formula is C9H21N3OS. The van der Waals surface area contributed by atoms with Crippen molar-refractivity contribution in [3.8, 4) is 0 Å². The maximum Gasteiger partial charge on any atom is 0.188 e. The fourth-order valence-electron chi connectivity index (χ4n) is 0.808. The Morgan fingerprint density at radius 1 is 1.50 bits per heavy atom. The van der Waals surface area contributed by atoms with Crippen LogP contribution in [0.25, 0.3) is 0 Å². The summed E-state index contributed by atoms with van der Waals surface area (Å²) >= 11 is 1.81. The Bertz CT molecular complexity index is 153. The van der Waals surface area contributed by atoms with Gasteiger partial charge >= 0.3 is 0 Å². The molecule has 0 aromatic carbocycles. The summed E-state index contributed by atoms with van der Waals surface area (Å²) in [5.74, 6) is 2.54. The van der Waals surface area contributed by atoms with Crippen molar-refractivity contribution in [2.45, 2.75) is 19.8 Å². The summed E-state index contributed by atoms with van der Waals surface area (Å²) in [4.78, 5) is 4.11. The van der Waals surface area contributed by atoms with Gasteiger partial charge in [-0.2, -0.15) is 11.8 Å². The van der Waals surface area contributed by atoms with Gasteiger partial charge < -0.3 is 16.2 Å². The summed E-state index contributed by atoms with van der Waals surface area (Å²) in [5, 5.41) is 11.6. The minimum atomic E-state index is 0.278. The number of rotatable bonds is 8. The fourth-order valence-corrected chi connectivity index (χ4v) is 1.59. The summed E-state index contributed by atoms with van der Waals surface area (Å²) in [7, 11) is 0. The molecule has 0 aromatic heterocycles. The largest absolute Gasteiger partial charge is 0.396 e. The highest BCUT2D eigenvalue weighted by Crippen LogP contribution is 1.99. The molecule has 0 spiro atoms. The lowest BCUT2D eigenvalue weighted by Gasteiger charge is -2.04. The van der Waals surface area contributed by atoms with E-state index >= 15 is 0 Å². The van der Waals surface area contributed by atoms with Crippen molar-refractivity contribution in [1.29, 1.82) is 0 Å². The molecule has 0 rings (SSSR count). The number of hydrogen-bond acceptors (Lipinski definition) is 3. The van der Waals surface area contributed by atoms with Crippen LogP contribution in [0.2, 0.25) is 0 Å². The predicted octanol–water partition coefficient (Wildman–Crippen LogP) is 0.416. The van der Waals surface area contributed by atoms with E-state index in [2.05, 4.69) is 17.2 Å². The monoisotopic (exact) mass is 219 g/mol. The Morgan fingerprint density at radius 3 is 2.93 bits per heavy atom. The van der Waals surface area contributed by atoms with Gasteiger partial charge in [-0.25, -0.2) is 0 Å². The molecule has 0 saturated heterocycles. The fraction of sp³-hybridized carbons (Fsp3) is 0.889. The number of guanidine groups is 1. The Kier molecular flexibility index (Phi) is 10.3. The van der Waals surface area contributed by atoms with E-state index in [9.17, 15) is 0 Å². The van der Waals surface area contributed by atoms with E-state index in [0.29, 0.717) is 5.96 Å². The van der Waals surface area contributed by atoms with Crippen LogP contribution in [-0.4, -0.2) is 42.3 Å². The van der Waals surface area contributed by atoms with Crippen LogP contribution in [-0.2, 0) is 0 Å². The van der Waals surface area contributed by atoms with Gasteiger partial charge in [0.1, 0.15) is 0 Å². The summed E-state index contributed by atoms with van der Waals surface area (Å²) < 4.78 is 0. The predicted molar refractivity (Wildman–Crippen MR) is 63.8 cm³/mol. The molecule has 0 amide bonds. The molecule has 0 radical (unpaired) electrons. The quantitative estimate of drug-likeness (QED) is 0.314. The highest BCUT2D eigenvalue weighted by Gasteiger charge is 1.91. The van der Waals surface area contributed by atoms with E-state index in [-0.39, 0.29) is 6.61 Å². The van der Waals surface area contributed by atoms with E-state index < -0.39 is 0 Å². The molecule has 14 heavy (non-hydrogen) atoms. The smallest absolute Gasteiger partial charge is 0.188 e. The van der Waals surface area contributed by atoms with Crippen LogP contribution in [0.3, 0.4) is 0 Å². The summed E-state index contributed by atoms with van der Waals surface area (Å²) in [6.07, 6.45) is 1.89. The normalized spacial score (nSPS) is 11.7. The van der Waals surface area contributed by atoms with E-state index in [0.717, 1.165) is 37.4 Å². The van der Waals surface area contributed by atoms with Crippen LogP contribution in [0, 0.1) is 0 Å². The number of aliphatic imine (C=N–C) groups is 1. The molecule has 0 aliphatic heterocycles. The molecule has 0 aromatic rings. The third-order valence-electron chi connectivity index (χ3n) is 1.51. The first-order valence-corrected chi connectivity index (χ1v) is 6.19. The average Bonchev–Trinajstić information content (AvgIpc) is 2.20. The van der Waals surface area contributed by atoms with Gasteiger partial charge in [-0.1, -0.05) is 6.92 Å². The number of aliphatic hydroxyl groups is 1. The Labute approximate surface area is 90.4 Å². The average molecular weight is 219 g/mol. The van der Waals surface area contributed by atoms with Gasteiger partial charge in [0.15, 0.2) is 5.96 Å². The Hall–Kier alpha value is -0.420. The molecule has 4 nitrogen and oxygen atoms in total. The first kappa shape index (κ1) is 13.6. The molecule has 0 bridgehead atoms. The number of aliphatic hydroxyl groups excluding tert-OH is 1. The lowest BCUT2D eigenvalue weighted by Crippen LogP contribution is -2.33. The third kappa shape index (κ3) is 9.67. The lowest BCUT2D eigenvalue weighted by molar-refractivity contribution is 0.296. The van der Waals surface area contributed by atoms with Gasteiger partial charge in [0.25, 0.3) is 0 Å². The molecule has 0 aliphatic rings. The molecule has 4 N–H and O–H groups in total. The second kappa shape index (κ2) is 10.7. The van der Waals surface area contributed by atoms with E-state index in [1.165, 1.54) is 0 Å². The van der Waals surface area contributed by atoms with Gasteiger partial charge in [-0.3, -0.25) is 4.99 Å². The van der Waals surface area contributed by atoms with Crippen molar-refractivity contribution >= 4 is 17.7 Å². The molecule has 0 saturated carbocycles. The third-order valence-corrected chi connectivity index (χ3v) is 2.58.